The SMILES string of the molecule is CC(=O)N[C@H]1CC2(CCN(CC(=O)N3CCC(=O)N3)CC2)c2ccccc21.[HH].[HH]. The van der Waals surface area contributed by atoms with Crippen LogP contribution in [-0.4, -0.2) is 53.8 Å². The summed E-state index contributed by atoms with van der Waals surface area (Å²) in [5, 5.41) is 4.54. The molecule has 2 aliphatic heterocycles. The van der Waals surface area contributed by atoms with Gasteiger partial charge in [-0.1, -0.05) is 24.3 Å². The van der Waals surface area contributed by atoms with Crippen LogP contribution >= 0.6 is 0 Å². The average molecular weight is 374 g/mol. The molecule has 0 bridgehead atoms. The number of carbonyl (C=O) groups excluding carboxylic acids is 3. The van der Waals surface area contributed by atoms with Crippen molar-refractivity contribution in [1.82, 2.24) is 20.7 Å². The quantitative estimate of drug-likeness (QED) is 0.837. The number of hydrogen-bond donors (Lipinski definition) is 2. The van der Waals surface area contributed by atoms with Gasteiger partial charge in [0.25, 0.3) is 5.91 Å². The lowest BCUT2D eigenvalue weighted by atomic mass is 9.73. The summed E-state index contributed by atoms with van der Waals surface area (Å²) in [5.74, 6) is -0.130. The van der Waals surface area contributed by atoms with Crippen molar-refractivity contribution in [2.45, 2.75) is 44.1 Å². The summed E-state index contributed by atoms with van der Waals surface area (Å²) in [6.07, 6.45) is 3.26. The van der Waals surface area contributed by atoms with E-state index in [4.69, 9.17) is 0 Å². The van der Waals surface area contributed by atoms with Crippen LogP contribution in [0.15, 0.2) is 24.3 Å². The minimum absolute atomic E-state index is 0. The summed E-state index contributed by atoms with van der Waals surface area (Å²) < 4.78 is 0. The van der Waals surface area contributed by atoms with E-state index in [9.17, 15) is 14.4 Å². The molecule has 0 aromatic heterocycles. The van der Waals surface area contributed by atoms with Crippen molar-refractivity contribution in [3.05, 3.63) is 35.4 Å². The average Bonchev–Trinajstić information content (AvgIpc) is 3.20. The fraction of sp³-hybridized carbons (Fsp3) is 0.550. The highest BCUT2D eigenvalue weighted by molar-refractivity contribution is 5.86. The van der Waals surface area contributed by atoms with Crippen LogP contribution < -0.4 is 10.7 Å². The molecule has 1 aromatic carbocycles. The van der Waals surface area contributed by atoms with Crippen LogP contribution in [0.2, 0.25) is 0 Å². The summed E-state index contributed by atoms with van der Waals surface area (Å²) in [5.41, 5.74) is 5.26. The van der Waals surface area contributed by atoms with E-state index in [1.165, 1.54) is 16.1 Å². The number of nitrogens with zero attached hydrogens (tertiary/aromatic N) is 2. The Hall–Kier alpha value is -2.41. The van der Waals surface area contributed by atoms with Crippen molar-refractivity contribution in [1.29, 1.82) is 0 Å². The van der Waals surface area contributed by atoms with Gasteiger partial charge in [0.1, 0.15) is 0 Å². The Bertz CT molecular complexity index is 781. The highest BCUT2D eigenvalue weighted by Gasteiger charge is 2.45. The van der Waals surface area contributed by atoms with Gasteiger partial charge >= 0.3 is 0 Å². The van der Waals surface area contributed by atoms with E-state index < -0.39 is 0 Å². The molecule has 1 spiro atoms. The molecule has 1 aromatic rings. The molecule has 3 amide bonds. The maximum atomic E-state index is 12.4. The van der Waals surface area contributed by atoms with Crippen LogP contribution in [0.25, 0.3) is 0 Å². The zero-order valence-electron chi connectivity index (χ0n) is 15.7. The number of likely N-dealkylation sites (tertiary alicyclic amines) is 1. The van der Waals surface area contributed by atoms with E-state index in [0.717, 1.165) is 32.4 Å². The Kier molecular flexibility index (Phi) is 4.63. The predicted octanol–water partition coefficient (Wildman–Crippen LogP) is 1.36. The monoisotopic (exact) mass is 374 g/mol. The smallest absolute Gasteiger partial charge is 0.255 e. The summed E-state index contributed by atoms with van der Waals surface area (Å²) in [4.78, 5) is 37.4. The van der Waals surface area contributed by atoms with Crippen molar-refractivity contribution < 1.29 is 17.2 Å². The van der Waals surface area contributed by atoms with Gasteiger partial charge in [0.05, 0.1) is 19.1 Å². The normalized spacial score (nSPS) is 24.0. The van der Waals surface area contributed by atoms with E-state index in [-0.39, 0.29) is 32.0 Å². The Balaban J connectivity index is 0.00000150. The maximum Gasteiger partial charge on any atom is 0.255 e. The molecular formula is C20H30N4O3. The number of hydrogen-bond acceptors (Lipinski definition) is 4. The molecule has 2 fully saturated rings. The highest BCUT2D eigenvalue weighted by atomic mass is 16.2. The van der Waals surface area contributed by atoms with Crippen molar-refractivity contribution in [3.63, 3.8) is 0 Å². The fourth-order valence-electron chi connectivity index (χ4n) is 4.82. The van der Waals surface area contributed by atoms with E-state index in [1.54, 1.807) is 6.92 Å². The molecular weight excluding hydrogens is 344 g/mol. The number of carbonyl (C=O) groups is 3. The first-order chi connectivity index (χ1) is 13.0. The van der Waals surface area contributed by atoms with Crippen molar-refractivity contribution >= 4 is 17.7 Å². The van der Waals surface area contributed by atoms with Gasteiger partial charge in [-0.15, -0.1) is 0 Å². The lowest BCUT2D eigenvalue weighted by molar-refractivity contribution is -0.137. The van der Waals surface area contributed by atoms with Crippen LogP contribution in [0.1, 0.15) is 52.6 Å². The second kappa shape index (κ2) is 6.96. The lowest BCUT2D eigenvalue weighted by Crippen LogP contribution is -2.48. The van der Waals surface area contributed by atoms with E-state index >= 15 is 0 Å². The standard InChI is InChI=1S/C20H26N4O3.2H2/c1-14(25)21-17-12-20(16-5-3-2-4-15(16)17)7-10-23(11-8-20)13-19(27)24-9-6-18(26)22-24;;/h2-5,17H,6-13H2,1H3,(H,21,25)(H,22,26);2*1H/t17-;;/m0../s1. The minimum Gasteiger partial charge on any atom is -0.349 e. The summed E-state index contributed by atoms with van der Waals surface area (Å²) in [6.45, 7) is 4.05. The number of amides is 3. The number of nitrogens with one attached hydrogen (secondary N) is 2. The first-order valence-electron chi connectivity index (χ1n) is 9.66. The number of fused-ring (bicyclic) bond motifs is 2. The van der Waals surface area contributed by atoms with Crippen molar-refractivity contribution in [2.75, 3.05) is 26.2 Å². The first kappa shape index (κ1) is 18.0. The van der Waals surface area contributed by atoms with Gasteiger partial charge in [-0.25, -0.2) is 0 Å². The Morgan fingerprint density at radius 3 is 2.67 bits per heavy atom. The minimum atomic E-state index is -0.0903. The Morgan fingerprint density at radius 2 is 2.00 bits per heavy atom. The highest BCUT2D eigenvalue weighted by Crippen LogP contribution is 2.50. The molecule has 2 saturated heterocycles. The second-order valence-electron chi connectivity index (χ2n) is 7.93. The number of benzene rings is 1. The molecule has 2 heterocycles. The molecule has 7 nitrogen and oxygen atoms in total. The molecule has 2 N–H and O–H groups in total. The summed E-state index contributed by atoms with van der Waals surface area (Å²) in [7, 11) is 0. The molecule has 1 atom stereocenters. The molecule has 7 heteroatoms. The van der Waals surface area contributed by atoms with Crippen LogP contribution in [-0.2, 0) is 19.8 Å². The second-order valence-corrected chi connectivity index (χ2v) is 7.93. The van der Waals surface area contributed by atoms with Crippen LogP contribution in [0.4, 0.5) is 0 Å². The van der Waals surface area contributed by atoms with Crippen LogP contribution in [0, 0.1) is 0 Å². The largest absolute Gasteiger partial charge is 0.349 e. The fourth-order valence-corrected chi connectivity index (χ4v) is 4.82. The van der Waals surface area contributed by atoms with Crippen LogP contribution in [0.3, 0.4) is 0 Å². The molecule has 0 saturated carbocycles. The molecule has 148 valence electrons. The number of piperidine rings is 1. The third kappa shape index (κ3) is 3.43. The van der Waals surface area contributed by atoms with Gasteiger partial charge < -0.3 is 5.32 Å². The number of rotatable bonds is 3. The van der Waals surface area contributed by atoms with Gasteiger partial charge in [0.2, 0.25) is 11.8 Å². The summed E-state index contributed by atoms with van der Waals surface area (Å²) in [6, 6.07) is 8.49. The van der Waals surface area contributed by atoms with Gasteiger partial charge in [-0.2, -0.15) is 0 Å². The van der Waals surface area contributed by atoms with Crippen LogP contribution in [0.5, 0.6) is 0 Å². The predicted molar refractivity (Wildman–Crippen MR) is 104 cm³/mol. The van der Waals surface area contributed by atoms with E-state index in [0.29, 0.717) is 19.5 Å². The van der Waals surface area contributed by atoms with Crippen molar-refractivity contribution in [2.24, 2.45) is 0 Å². The third-order valence-corrected chi connectivity index (χ3v) is 6.18. The zero-order chi connectivity index (χ0) is 19.0. The van der Waals surface area contributed by atoms with Gasteiger partial charge in [-0.05, 0) is 43.5 Å². The third-order valence-electron chi connectivity index (χ3n) is 6.18. The van der Waals surface area contributed by atoms with Gasteiger partial charge in [0, 0.05) is 21.6 Å². The van der Waals surface area contributed by atoms with Gasteiger partial charge in [-0.3, -0.25) is 29.7 Å². The molecule has 0 radical (unpaired) electrons. The molecule has 1 aliphatic carbocycles. The molecule has 3 aliphatic rings. The topological polar surface area (TPSA) is 81.8 Å². The summed E-state index contributed by atoms with van der Waals surface area (Å²) >= 11 is 0. The number of hydrazine groups is 1. The Labute approximate surface area is 162 Å². The zero-order valence-corrected chi connectivity index (χ0v) is 15.7. The Morgan fingerprint density at radius 1 is 1.26 bits per heavy atom. The molecule has 0 unspecified atom stereocenters. The van der Waals surface area contributed by atoms with Crippen molar-refractivity contribution in [3.8, 4) is 0 Å². The van der Waals surface area contributed by atoms with E-state index in [2.05, 4.69) is 33.8 Å². The molecule has 4 rings (SSSR count). The maximum absolute atomic E-state index is 12.4. The first-order valence-corrected chi connectivity index (χ1v) is 9.66. The van der Waals surface area contributed by atoms with E-state index in [1.807, 2.05) is 6.07 Å². The van der Waals surface area contributed by atoms with Gasteiger partial charge in [0.15, 0.2) is 0 Å². The molecule has 27 heavy (non-hydrogen) atoms. The lowest BCUT2D eigenvalue weighted by Gasteiger charge is -2.40.